The first-order chi connectivity index (χ1) is 14.6. The van der Waals surface area contributed by atoms with Gasteiger partial charge in [0.05, 0.1) is 8.07 Å². The summed E-state index contributed by atoms with van der Waals surface area (Å²) in [4.78, 5) is 0. The van der Waals surface area contributed by atoms with E-state index in [1.165, 1.54) is 5.19 Å². The van der Waals surface area contributed by atoms with Crippen LogP contribution in [-0.2, 0) is 10.8 Å². The minimum absolute atomic E-state index is 0.00886. The second-order valence-corrected chi connectivity index (χ2v) is 19.4. The molecule has 0 aromatic heterocycles. The number of benzene rings is 2. The molecule has 2 nitrogen and oxygen atoms in total. The van der Waals surface area contributed by atoms with Crippen molar-refractivity contribution in [2.45, 2.75) is 96.2 Å². The molecule has 2 aromatic carbocycles. The zero-order chi connectivity index (χ0) is 23.1. The summed E-state index contributed by atoms with van der Waals surface area (Å²) in [5, 5.41) is 11.6. The number of phenolic OH excluding ortho intramolecular Hbond substituents is 1. The number of rotatable bonds is 12. The molecule has 172 valence electrons. The van der Waals surface area contributed by atoms with E-state index in [0.29, 0.717) is 11.3 Å². The Labute approximate surface area is 193 Å². The van der Waals surface area contributed by atoms with Crippen LogP contribution in [0.2, 0.25) is 31.7 Å². The Hall–Kier alpha value is -1.37. The van der Waals surface area contributed by atoms with Crippen LogP contribution in [0, 0.1) is 0 Å². The van der Waals surface area contributed by atoms with E-state index < -0.39 is 16.4 Å². The first-order valence-corrected chi connectivity index (χ1v) is 18.1. The van der Waals surface area contributed by atoms with Crippen LogP contribution in [0.25, 0.3) is 0 Å². The van der Waals surface area contributed by atoms with Crippen LogP contribution in [0.15, 0.2) is 54.6 Å². The van der Waals surface area contributed by atoms with E-state index in [1.54, 1.807) is 6.07 Å². The van der Waals surface area contributed by atoms with Crippen LogP contribution in [0.1, 0.15) is 58.4 Å². The van der Waals surface area contributed by atoms with Crippen LogP contribution in [0.4, 0.5) is 0 Å². The highest BCUT2D eigenvalue weighted by Crippen LogP contribution is 2.41. The van der Waals surface area contributed by atoms with E-state index in [1.807, 2.05) is 18.2 Å². The van der Waals surface area contributed by atoms with Crippen molar-refractivity contribution < 1.29 is 9.53 Å². The second kappa shape index (κ2) is 11.0. The summed E-state index contributed by atoms with van der Waals surface area (Å²) in [6.07, 6.45) is 6.44. The van der Waals surface area contributed by atoms with Crippen molar-refractivity contribution in [2.75, 3.05) is 0 Å². The van der Waals surface area contributed by atoms with Crippen molar-refractivity contribution in [3.05, 3.63) is 60.2 Å². The molecule has 0 aliphatic carbocycles. The molecule has 0 saturated carbocycles. The fraction of sp³-hybridized carbons (Fsp3) is 0.556. The Morgan fingerprint density at radius 3 is 1.97 bits per heavy atom. The summed E-state index contributed by atoms with van der Waals surface area (Å²) in [5.41, 5.74) is 1.61. The topological polar surface area (TPSA) is 29.5 Å². The second-order valence-electron chi connectivity index (χ2n) is 10.2. The molecule has 0 aliphatic rings. The van der Waals surface area contributed by atoms with Crippen LogP contribution in [-0.4, -0.2) is 26.7 Å². The molecule has 0 amide bonds. The zero-order valence-electron chi connectivity index (χ0n) is 20.9. The molecular formula is C27H44O2Si2. The smallest absolute Gasteiger partial charge is 0.224 e. The standard InChI is InChI=1S/C27H44O2Si2/c1-8-24(21-16-18-23-17-14-15-22-26(23)28)31(7,25-19-12-11-13-20-25)29-27(9-2,10-3)30(4,5)6/h11-15,17,19-20,22,24,28H,8-10,16,18,21H2,1-7H3. The van der Waals surface area contributed by atoms with Crippen molar-refractivity contribution in [2.24, 2.45) is 0 Å². The number of para-hydroxylation sites is 1. The van der Waals surface area contributed by atoms with Gasteiger partial charge in [0.1, 0.15) is 5.75 Å². The minimum Gasteiger partial charge on any atom is -0.508 e. The largest absolute Gasteiger partial charge is 0.508 e. The maximum Gasteiger partial charge on any atom is 0.224 e. The van der Waals surface area contributed by atoms with E-state index in [0.717, 1.165) is 44.1 Å². The van der Waals surface area contributed by atoms with Crippen molar-refractivity contribution in [1.29, 1.82) is 0 Å². The van der Waals surface area contributed by atoms with E-state index in [9.17, 15) is 5.11 Å². The highest BCUT2D eigenvalue weighted by molar-refractivity contribution is 6.88. The normalized spacial score (nSPS) is 15.5. The van der Waals surface area contributed by atoms with E-state index in [-0.39, 0.29) is 5.22 Å². The lowest BCUT2D eigenvalue weighted by Gasteiger charge is -2.50. The van der Waals surface area contributed by atoms with Crippen molar-refractivity contribution in [1.82, 2.24) is 0 Å². The van der Waals surface area contributed by atoms with Crippen LogP contribution in [0.5, 0.6) is 5.75 Å². The van der Waals surface area contributed by atoms with Gasteiger partial charge in [0.15, 0.2) is 0 Å². The first kappa shape index (κ1) is 25.9. The number of aryl methyl sites for hydroxylation is 1. The molecule has 0 fully saturated rings. The molecule has 0 spiro atoms. The van der Waals surface area contributed by atoms with Gasteiger partial charge in [-0.1, -0.05) is 102 Å². The van der Waals surface area contributed by atoms with Gasteiger partial charge in [-0.2, -0.15) is 0 Å². The maximum absolute atomic E-state index is 10.2. The van der Waals surface area contributed by atoms with Gasteiger partial charge in [-0.25, -0.2) is 0 Å². The highest BCUT2D eigenvalue weighted by atomic mass is 28.4. The number of hydrogen-bond donors (Lipinski definition) is 1. The molecule has 0 radical (unpaired) electrons. The Bertz CT molecular complexity index is 796. The van der Waals surface area contributed by atoms with E-state index >= 15 is 0 Å². The summed E-state index contributed by atoms with van der Waals surface area (Å²) >= 11 is 0. The molecule has 31 heavy (non-hydrogen) atoms. The zero-order valence-corrected chi connectivity index (χ0v) is 22.9. The van der Waals surface area contributed by atoms with Gasteiger partial charge >= 0.3 is 0 Å². The molecule has 1 N–H and O–H groups in total. The third-order valence-corrected chi connectivity index (χ3v) is 15.8. The third kappa shape index (κ3) is 5.91. The lowest BCUT2D eigenvalue weighted by atomic mass is 10.1. The molecular weight excluding hydrogens is 412 g/mol. The fourth-order valence-corrected chi connectivity index (χ4v) is 13.5. The predicted molar refractivity (Wildman–Crippen MR) is 141 cm³/mol. The predicted octanol–water partition coefficient (Wildman–Crippen LogP) is 7.43. The summed E-state index contributed by atoms with van der Waals surface area (Å²) < 4.78 is 7.51. The van der Waals surface area contributed by atoms with Gasteiger partial charge in [0, 0.05) is 5.22 Å². The van der Waals surface area contributed by atoms with Crippen LogP contribution in [0.3, 0.4) is 0 Å². The Morgan fingerprint density at radius 2 is 1.45 bits per heavy atom. The van der Waals surface area contributed by atoms with Crippen molar-refractivity contribution in [3.8, 4) is 5.75 Å². The Balaban J connectivity index is 2.35. The number of hydrogen-bond acceptors (Lipinski definition) is 2. The SMILES string of the molecule is CCC(CCCc1ccccc1O)[Si](C)(OC(CC)(CC)[Si](C)(C)C)c1ccccc1. The lowest BCUT2D eigenvalue weighted by Crippen LogP contribution is -2.64. The van der Waals surface area contributed by atoms with E-state index in [2.05, 4.69) is 77.3 Å². The minimum atomic E-state index is -2.22. The highest BCUT2D eigenvalue weighted by Gasteiger charge is 2.50. The molecule has 2 aromatic rings. The Kier molecular flexibility index (Phi) is 9.17. The van der Waals surface area contributed by atoms with Gasteiger partial charge in [-0.3, -0.25) is 0 Å². The summed E-state index contributed by atoms with van der Waals surface area (Å²) in [6, 6.07) is 18.8. The molecule has 2 unspecified atom stereocenters. The van der Waals surface area contributed by atoms with Crippen molar-refractivity contribution >= 4 is 21.6 Å². The van der Waals surface area contributed by atoms with Gasteiger partial charge < -0.3 is 9.53 Å². The van der Waals surface area contributed by atoms with Gasteiger partial charge in [0.25, 0.3) is 0 Å². The van der Waals surface area contributed by atoms with Gasteiger partial charge in [0.2, 0.25) is 8.32 Å². The first-order valence-electron chi connectivity index (χ1n) is 12.2. The Morgan fingerprint density at radius 1 is 0.871 bits per heavy atom. The van der Waals surface area contributed by atoms with E-state index in [4.69, 9.17) is 4.43 Å². The molecule has 0 bridgehead atoms. The molecule has 2 atom stereocenters. The average molecular weight is 457 g/mol. The molecule has 0 aliphatic heterocycles. The molecule has 2 rings (SSSR count). The summed E-state index contributed by atoms with van der Waals surface area (Å²) in [7, 11) is -3.77. The van der Waals surface area contributed by atoms with Gasteiger partial charge in [-0.05, 0) is 54.6 Å². The molecule has 4 heteroatoms. The lowest BCUT2D eigenvalue weighted by molar-refractivity contribution is 0.122. The van der Waals surface area contributed by atoms with Crippen molar-refractivity contribution in [3.63, 3.8) is 0 Å². The van der Waals surface area contributed by atoms with Gasteiger partial charge in [-0.15, -0.1) is 0 Å². The quantitative estimate of drug-likeness (QED) is 0.336. The fourth-order valence-electron chi connectivity index (χ4n) is 5.29. The van der Waals surface area contributed by atoms with Crippen LogP contribution < -0.4 is 5.19 Å². The van der Waals surface area contributed by atoms with Crippen LogP contribution >= 0.6 is 0 Å². The molecule has 0 saturated heterocycles. The third-order valence-electron chi connectivity index (χ3n) is 7.53. The average Bonchev–Trinajstić information content (AvgIpc) is 2.76. The monoisotopic (exact) mass is 456 g/mol. The summed E-state index contributed by atoms with van der Waals surface area (Å²) in [5.74, 6) is 0.421. The molecule has 0 heterocycles. The number of aromatic hydroxyl groups is 1. The maximum atomic E-state index is 10.2. The number of phenols is 1. The summed E-state index contributed by atoms with van der Waals surface area (Å²) in [6.45, 7) is 16.9.